The first-order valence-electron chi connectivity index (χ1n) is 7.68. The number of halogens is 1. The summed E-state index contributed by atoms with van der Waals surface area (Å²) in [5.41, 5.74) is 1.11. The van der Waals surface area contributed by atoms with E-state index < -0.39 is 4.92 Å². The van der Waals surface area contributed by atoms with Crippen LogP contribution in [0.25, 0.3) is 17.1 Å². The minimum atomic E-state index is -0.510. The molecule has 0 aliphatic carbocycles. The standard InChI is InChI=1S/C18H15ClN4O3/c1-21(2)18(24)13-6-7-15(16(11-13)23(25)26)22-9-8-20-17(22)12-4-3-5-14(19)10-12/h3-11H,1-2H3. The van der Waals surface area contributed by atoms with Crippen molar-refractivity contribution in [1.29, 1.82) is 0 Å². The van der Waals surface area contributed by atoms with Crippen molar-refractivity contribution in [2.75, 3.05) is 14.1 Å². The Morgan fingerprint density at radius 2 is 2.00 bits per heavy atom. The summed E-state index contributed by atoms with van der Waals surface area (Å²) < 4.78 is 1.60. The second kappa shape index (κ2) is 6.97. The van der Waals surface area contributed by atoms with Crippen LogP contribution in [0.2, 0.25) is 5.02 Å². The van der Waals surface area contributed by atoms with Crippen molar-refractivity contribution in [3.63, 3.8) is 0 Å². The second-order valence-electron chi connectivity index (χ2n) is 5.79. The molecule has 0 bridgehead atoms. The van der Waals surface area contributed by atoms with Gasteiger partial charge in [0.1, 0.15) is 11.5 Å². The fourth-order valence-corrected chi connectivity index (χ4v) is 2.79. The maximum atomic E-state index is 12.1. The SMILES string of the molecule is CN(C)C(=O)c1ccc(-n2ccnc2-c2cccc(Cl)c2)c([N+](=O)[O-])c1. The van der Waals surface area contributed by atoms with E-state index in [2.05, 4.69) is 4.98 Å². The van der Waals surface area contributed by atoms with Gasteiger partial charge in [-0.05, 0) is 24.3 Å². The Hall–Kier alpha value is -3.19. The fraction of sp³-hybridized carbons (Fsp3) is 0.111. The minimum Gasteiger partial charge on any atom is -0.345 e. The largest absolute Gasteiger partial charge is 0.345 e. The van der Waals surface area contributed by atoms with E-state index in [-0.39, 0.29) is 17.2 Å². The van der Waals surface area contributed by atoms with E-state index in [0.717, 1.165) is 5.56 Å². The van der Waals surface area contributed by atoms with Gasteiger partial charge in [-0.1, -0.05) is 23.7 Å². The van der Waals surface area contributed by atoms with Crippen molar-refractivity contribution < 1.29 is 9.72 Å². The maximum absolute atomic E-state index is 12.1. The smallest absolute Gasteiger partial charge is 0.294 e. The van der Waals surface area contributed by atoms with Crippen LogP contribution in [0.5, 0.6) is 0 Å². The molecule has 0 aliphatic heterocycles. The third-order valence-electron chi connectivity index (χ3n) is 3.81. The Morgan fingerprint density at radius 1 is 1.23 bits per heavy atom. The van der Waals surface area contributed by atoms with Crippen molar-refractivity contribution in [1.82, 2.24) is 14.5 Å². The lowest BCUT2D eigenvalue weighted by Crippen LogP contribution is -2.21. The van der Waals surface area contributed by atoms with E-state index in [0.29, 0.717) is 16.5 Å². The van der Waals surface area contributed by atoms with Gasteiger partial charge in [0.2, 0.25) is 0 Å². The van der Waals surface area contributed by atoms with Crippen LogP contribution in [0.3, 0.4) is 0 Å². The minimum absolute atomic E-state index is 0.182. The molecule has 1 aromatic heterocycles. The van der Waals surface area contributed by atoms with E-state index in [1.54, 1.807) is 61.4 Å². The maximum Gasteiger partial charge on any atom is 0.294 e. The average Bonchev–Trinajstić information content (AvgIpc) is 3.10. The first-order chi connectivity index (χ1) is 12.4. The van der Waals surface area contributed by atoms with Gasteiger partial charge in [0, 0.05) is 48.7 Å². The number of hydrogen-bond donors (Lipinski definition) is 0. The number of hydrogen-bond acceptors (Lipinski definition) is 4. The molecule has 0 aliphatic rings. The molecule has 0 saturated heterocycles. The molecular weight excluding hydrogens is 356 g/mol. The summed E-state index contributed by atoms with van der Waals surface area (Å²) in [6.07, 6.45) is 3.19. The van der Waals surface area contributed by atoms with E-state index >= 15 is 0 Å². The van der Waals surface area contributed by atoms with Crippen LogP contribution in [0.1, 0.15) is 10.4 Å². The molecular formula is C18H15ClN4O3. The zero-order chi connectivity index (χ0) is 18.8. The first-order valence-corrected chi connectivity index (χ1v) is 8.06. The summed E-state index contributed by atoms with van der Waals surface area (Å²) in [5.74, 6) is 0.211. The molecule has 0 fully saturated rings. The molecule has 7 nitrogen and oxygen atoms in total. The molecule has 0 atom stereocenters. The summed E-state index contributed by atoms with van der Waals surface area (Å²) >= 11 is 6.04. The van der Waals surface area contributed by atoms with Crippen LogP contribution in [0.4, 0.5) is 5.69 Å². The Morgan fingerprint density at radius 3 is 2.65 bits per heavy atom. The van der Waals surface area contributed by atoms with Crippen molar-refractivity contribution in [3.05, 3.63) is 75.6 Å². The number of aromatic nitrogens is 2. The number of carbonyl (C=O) groups excluding carboxylic acids is 1. The van der Waals surface area contributed by atoms with Gasteiger partial charge >= 0.3 is 0 Å². The zero-order valence-electron chi connectivity index (χ0n) is 14.1. The van der Waals surface area contributed by atoms with E-state index in [9.17, 15) is 14.9 Å². The summed E-state index contributed by atoms with van der Waals surface area (Å²) in [6.45, 7) is 0. The summed E-state index contributed by atoms with van der Waals surface area (Å²) in [5, 5.41) is 12.1. The quantitative estimate of drug-likeness (QED) is 0.516. The number of nitro benzene ring substituents is 1. The van der Waals surface area contributed by atoms with E-state index in [1.807, 2.05) is 6.07 Å². The Bertz CT molecular complexity index is 998. The highest BCUT2D eigenvalue weighted by molar-refractivity contribution is 6.30. The van der Waals surface area contributed by atoms with Gasteiger partial charge < -0.3 is 4.90 Å². The number of nitrogens with zero attached hydrogens (tertiary/aromatic N) is 4. The van der Waals surface area contributed by atoms with E-state index in [1.165, 1.54) is 11.0 Å². The van der Waals surface area contributed by atoms with Crippen LogP contribution >= 0.6 is 11.6 Å². The van der Waals surface area contributed by atoms with Gasteiger partial charge in [-0.15, -0.1) is 0 Å². The lowest BCUT2D eigenvalue weighted by Gasteiger charge is -2.12. The van der Waals surface area contributed by atoms with Crippen LogP contribution in [0.15, 0.2) is 54.9 Å². The Labute approximate surface area is 154 Å². The highest BCUT2D eigenvalue weighted by atomic mass is 35.5. The Kier molecular flexibility index (Phi) is 4.73. The van der Waals surface area contributed by atoms with Crippen LogP contribution in [-0.4, -0.2) is 39.4 Å². The van der Waals surface area contributed by atoms with Crippen LogP contribution < -0.4 is 0 Å². The first kappa shape index (κ1) is 17.6. The molecule has 1 amide bonds. The monoisotopic (exact) mass is 370 g/mol. The normalized spacial score (nSPS) is 10.6. The molecule has 8 heteroatoms. The van der Waals surface area contributed by atoms with Gasteiger partial charge in [-0.2, -0.15) is 0 Å². The van der Waals surface area contributed by atoms with Gasteiger partial charge in [0.15, 0.2) is 0 Å². The third-order valence-corrected chi connectivity index (χ3v) is 4.04. The molecule has 3 aromatic rings. The molecule has 0 saturated carbocycles. The molecule has 3 rings (SSSR count). The lowest BCUT2D eigenvalue weighted by molar-refractivity contribution is -0.384. The Balaban J connectivity index is 2.15. The topological polar surface area (TPSA) is 81.3 Å². The average molecular weight is 371 g/mol. The molecule has 26 heavy (non-hydrogen) atoms. The molecule has 0 unspecified atom stereocenters. The number of rotatable bonds is 4. The van der Waals surface area contributed by atoms with Gasteiger partial charge in [-0.25, -0.2) is 4.98 Å². The third kappa shape index (κ3) is 3.29. The number of carbonyl (C=O) groups is 1. The van der Waals surface area contributed by atoms with E-state index in [4.69, 9.17) is 11.6 Å². The molecule has 0 spiro atoms. The van der Waals surface area contributed by atoms with Crippen LogP contribution in [-0.2, 0) is 0 Å². The van der Waals surface area contributed by atoms with Crippen molar-refractivity contribution in [2.45, 2.75) is 0 Å². The summed E-state index contributed by atoms with van der Waals surface area (Å²) in [7, 11) is 3.18. The van der Waals surface area contributed by atoms with Gasteiger partial charge in [0.05, 0.1) is 4.92 Å². The summed E-state index contributed by atoms with van der Waals surface area (Å²) in [4.78, 5) is 28.9. The second-order valence-corrected chi connectivity index (χ2v) is 6.23. The molecule has 0 radical (unpaired) electrons. The molecule has 1 heterocycles. The van der Waals surface area contributed by atoms with Crippen molar-refractivity contribution in [2.24, 2.45) is 0 Å². The predicted octanol–water partition coefficient (Wildman–Crippen LogP) is 3.80. The highest BCUT2D eigenvalue weighted by Crippen LogP contribution is 2.30. The lowest BCUT2D eigenvalue weighted by atomic mass is 10.1. The fourth-order valence-electron chi connectivity index (χ4n) is 2.60. The van der Waals surface area contributed by atoms with Crippen molar-refractivity contribution >= 4 is 23.2 Å². The van der Waals surface area contributed by atoms with Gasteiger partial charge in [0.25, 0.3) is 11.6 Å². The molecule has 0 N–H and O–H groups in total. The number of benzene rings is 2. The predicted molar refractivity (Wildman–Crippen MR) is 98.7 cm³/mol. The molecule has 2 aromatic carbocycles. The van der Waals surface area contributed by atoms with Crippen molar-refractivity contribution in [3.8, 4) is 17.1 Å². The summed E-state index contributed by atoms with van der Waals surface area (Å²) in [6, 6.07) is 11.5. The zero-order valence-corrected chi connectivity index (χ0v) is 14.8. The van der Waals surface area contributed by atoms with Crippen LogP contribution in [0, 0.1) is 10.1 Å². The number of imidazole rings is 1. The van der Waals surface area contributed by atoms with Gasteiger partial charge in [-0.3, -0.25) is 19.5 Å². The highest BCUT2D eigenvalue weighted by Gasteiger charge is 2.21. The molecule has 132 valence electrons. The number of amides is 1. The number of nitro groups is 1.